The Morgan fingerprint density at radius 3 is 2.50 bits per heavy atom. The SMILES string of the molecule is CN1CCN(S(=O)(=O)c2ccc(Cl)nc2)CC1c1ccc(F)cc1. The molecule has 0 saturated carbocycles. The number of pyridine rings is 1. The number of sulfonamides is 1. The summed E-state index contributed by atoms with van der Waals surface area (Å²) in [6, 6.07) is 8.94. The van der Waals surface area contributed by atoms with Gasteiger partial charge in [0.15, 0.2) is 0 Å². The molecule has 1 aliphatic rings. The smallest absolute Gasteiger partial charge is 0.244 e. The third-order valence-electron chi connectivity index (χ3n) is 4.20. The number of piperazine rings is 1. The van der Waals surface area contributed by atoms with Gasteiger partial charge in [-0.05, 0) is 36.9 Å². The summed E-state index contributed by atoms with van der Waals surface area (Å²) in [6.07, 6.45) is 1.27. The van der Waals surface area contributed by atoms with Crippen LogP contribution in [0.2, 0.25) is 5.15 Å². The number of likely N-dealkylation sites (N-methyl/N-ethyl adjacent to an activating group) is 1. The van der Waals surface area contributed by atoms with Crippen molar-refractivity contribution < 1.29 is 12.8 Å². The van der Waals surface area contributed by atoms with Gasteiger partial charge >= 0.3 is 0 Å². The molecular formula is C16H17ClFN3O2S. The lowest BCUT2D eigenvalue weighted by Crippen LogP contribution is -2.48. The van der Waals surface area contributed by atoms with Gasteiger partial charge in [-0.2, -0.15) is 4.31 Å². The van der Waals surface area contributed by atoms with Gasteiger partial charge in [0.2, 0.25) is 10.0 Å². The molecule has 1 saturated heterocycles. The van der Waals surface area contributed by atoms with E-state index in [1.165, 1.54) is 34.8 Å². The summed E-state index contributed by atoms with van der Waals surface area (Å²) < 4.78 is 40.2. The lowest BCUT2D eigenvalue weighted by atomic mass is 10.0. The first kappa shape index (κ1) is 17.3. The molecular weight excluding hydrogens is 353 g/mol. The molecule has 1 aromatic carbocycles. The Hall–Kier alpha value is -1.54. The van der Waals surface area contributed by atoms with Crippen LogP contribution in [-0.2, 0) is 10.0 Å². The van der Waals surface area contributed by atoms with Crippen molar-refractivity contribution in [2.75, 3.05) is 26.7 Å². The van der Waals surface area contributed by atoms with Crippen LogP contribution in [0.1, 0.15) is 11.6 Å². The predicted molar refractivity (Wildman–Crippen MR) is 89.8 cm³/mol. The van der Waals surface area contributed by atoms with Crippen molar-refractivity contribution in [2.45, 2.75) is 10.9 Å². The van der Waals surface area contributed by atoms with E-state index in [0.29, 0.717) is 19.6 Å². The van der Waals surface area contributed by atoms with Gasteiger partial charge in [-0.3, -0.25) is 4.90 Å². The molecule has 1 atom stereocenters. The standard InChI is InChI=1S/C16H17ClFN3O2S/c1-20-8-9-21(11-15(20)12-2-4-13(18)5-3-12)24(22,23)14-6-7-16(17)19-10-14/h2-7,10,15H,8-9,11H2,1H3. The monoisotopic (exact) mass is 369 g/mol. The van der Waals surface area contributed by atoms with Gasteiger partial charge in [-0.15, -0.1) is 0 Å². The maximum Gasteiger partial charge on any atom is 0.244 e. The molecule has 2 heterocycles. The molecule has 1 fully saturated rings. The molecule has 0 amide bonds. The number of rotatable bonds is 3. The van der Waals surface area contributed by atoms with E-state index in [-0.39, 0.29) is 21.9 Å². The van der Waals surface area contributed by atoms with Crippen LogP contribution in [0.3, 0.4) is 0 Å². The van der Waals surface area contributed by atoms with E-state index in [9.17, 15) is 12.8 Å². The Morgan fingerprint density at radius 2 is 1.88 bits per heavy atom. The minimum Gasteiger partial charge on any atom is -0.297 e. The topological polar surface area (TPSA) is 53.5 Å². The molecule has 8 heteroatoms. The summed E-state index contributed by atoms with van der Waals surface area (Å²) in [5.74, 6) is -0.311. The Bertz CT molecular complexity index is 812. The molecule has 0 radical (unpaired) electrons. The molecule has 1 aromatic heterocycles. The van der Waals surface area contributed by atoms with Crippen molar-refractivity contribution in [3.63, 3.8) is 0 Å². The van der Waals surface area contributed by atoms with E-state index >= 15 is 0 Å². The fourth-order valence-corrected chi connectivity index (χ4v) is 4.27. The Kier molecular flexibility index (Phi) is 4.87. The molecule has 128 valence electrons. The predicted octanol–water partition coefficient (Wildman–Crippen LogP) is 2.55. The van der Waals surface area contributed by atoms with Crippen LogP contribution in [0.4, 0.5) is 4.39 Å². The molecule has 0 aliphatic carbocycles. The zero-order valence-electron chi connectivity index (χ0n) is 13.1. The van der Waals surface area contributed by atoms with Gasteiger partial charge in [-0.25, -0.2) is 17.8 Å². The van der Waals surface area contributed by atoms with Crippen LogP contribution >= 0.6 is 11.6 Å². The Balaban J connectivity index is 1.87. The number of hydrogen-bond donors (Lipinski definition) is 0. The number of hydrogen-bond acceptors (Lipinski definition) is 4. The third kappa shape index (κ3) is 3.44. The van der Waals surface area contributed by atoms with Crippen LogP contribution in [0, 0.1) is 5.82 Å². The quantitative estimate of drug-likeness (QED) is 0.780. The second-order valence-electron chi connectivity index (χ2n) is 5.73. The van der Waals surface area contributed by atoms with Gasteiger partial charge in [0.25, 0.3) is 0 Å². The van der Waals surface area contributed by atoms with E-state index in [1.54, 1.807) is 12.1 Å². The number of nitrogens with zero attached hydrogens (tertiary/aromatic N) is 3. The third-order valence-corrected chi connectivity index (χ3v) is 6.28. The minimum atomic E-state index is -3.64. The molecule has 5 nitrogen and oxygen atoms in total. The molecule has 1 unspecified atom stereocenters. The second kappa shape index (κ2) is 6.76. The summed E-state index contributed by atoms with van der Waals surface area (Å²) in [5.41, 5.74) is 0.882. The van der Waals surface area contributed by atoms with Crippen molar-refractivity contribution >= 4 is 21.6 Å². The van der Waals surface area contributed by atoms with E-state index < -0.39 is 10.0 Å². The zero-order valence-corrected chi connectivity index (χ0v) is 14.6. The first-order chi connectivity index (χ1) is 11.4. The number of aromatic nitrogens is 1. The summed E-state index contributed by atoms with van der Waals surface area (Å²) in [5, 5.41) is 0.247. The van der Waals surface area contributed by atoms with Crippen molar-refractivity contribution in [2.24, 2.45) is 0 Å². The summed E-state index contributed by atoms with van der Waals surface area (Å²) in [7, 11) is -1.71. The maximum absolute atomic E-state index is 13.1. The Labute approximate surface area is 145 Å². The average molecular weight is 370 g/mol. The molecule has 1 aliphatic heterocycles. The molecule has 3 rings (SSSR count). The highest BCUT2D eigenvalue weighted by atomic mass is 35.5. The highest BCUT2D eigenvalue weighted by Gasteiger charge is 2.33. The molecule has 2 aromatic rings. The summed E-state index contributed by atoms with van der Waals surface area (Å²) in [4.78, 5) is 6.04. The average Bonchev–Trinajstić information content (AvgIpc) is 2.56. The lowest BCUT2D eigenvalue weighted by Gasteiger charge is -2.38. The van der Waals surface area contributed by atoms with Gasteiger partial charge < -0.3 is 0 Å². The van der Waals surface area contributed by atoms with E-state index in [0.717, 1.165) is 5.56 Å². The van der Waals surface area contributed by atoms with Crippen LogP contribution in [-0.4, -0.2) is 49.3 Å². The highest BCUT2D eigenvalue weighted by molar-refractivity contribution is 7.89. The first-order valence-electron chi connectivity index (χ1n) is 7.45. The second-order valence-corrected chi connectivity index (χ2v) is 8.05. The zero-order chi connectivity index (χ0) is 17.3. The van der Waals surface area contributed by atoms with Crippen molar-refractivity contribution in [3.05, 3.63) is 59.1 Å². The molecule has 0 N–H and O–H groups in total. The molecule has 0 spiro atoms. The largest absolute Gasteiger partial charge is 0.297 e. The molecule has 24 heavy (non-hydrogen) atoms. The van der Waals surface area contributed by atoms with Gasteiger partial charge in [0.1, 0.15) is 15.9 Å². The van der Waals surface area contributed by atoms with Crippen LogP contribution < -0.4 is 0 Å². The van der Waals surface area contributed by atoms with Gasteiger partial charge in [0.05, 0.1) is 0 Å². The minimum absolute atomic E-state index is 0.120. The number of benzene rings is 1. The van der Waals surface area contributed by atoms with Crippen molar-refractivity contribution in [1.82, 2.24) is 14.2 Å². The lowest BCUT2D eigenvalue weighted by molar-refractivity contribution is 0.148. The number of halogens is 2. The molecule has 0 bridgehead atoms. The van der Waals surface area contributed by atoms with E-state index in [1.807, 2.05) is 7.05 Å². The summed E-state index contributed by atoms with van der Waals surface area (Å²) >= 11 is 5.73. The van der Waals surface area contributed by atoms with Crippen molar-refractivity contribution in [1.29, 1.82) is 0 Å². The highest BCUT2D eigenvalue weighted by Crippen LogP contribution is 2.28. The van der Waals surface area contributed by atoms with Crippen molar-refractivity contribution in [3.8, 4) is 0 Å². The summed E-state index contributed by atoms with van der Waals surface area (Å²) in [6.45, 7) is 1.27. The van der Waals surface area contributed by atoms with E-state index in [2.05, 4.69) is 9.88 Å². The van der Waals surface area contributed by atoms with Crippen LogP contribution in [0.25, 0.3) is 0 Å². The van der Waals surface area contributed by atoms with Gasteiger partial charge in [0, 0.05) is 31.9 Å². The maximum atomic E-state index is 13.1. The fraction of sp³-hybridized carbons (Fsp3) is 0.312. The van der Waals surface area contributed by atoms with Crippen LogP contribution in [0.15, 0.2) is 47.5 Å². The normalized spacial score (nSPS) is 20.2. The Morgan fingerprint density at radius 1 is 1.17 bits per heavy atom. The van der Waals surface area contributed by atoms with Crippen LogP contribution in [0.5, 0.6) is 0 Å². The van der Waals surface area contributed by atoms with E-state index in [4.69, 9.17) is 11.6 Å². The van der Waals surface area contributed by atoms with Gasteiger partial charge in [-0.1, -0.05) is 23.7 Å². The first-order valence-corrected chi connectivity index (χ1v) is 9.27. The fourth-order valence-electron chi connectivity index (χ4n) is 2.78.